The van der Waals surface area contributed by atoms with Crippen molar-refractivity contribution in [3.05, 3.63) is 53.0 Å². The van der Waals surface area contributed by atoms with E-state index < -0.39 is 5.76 Å². The lowest BCUT2D eigenvalue weighted by atomic mass is 10.1. The minimum absolute atomic E-state index is 0.321. The van der Waals surface area contributed by atoms with Crippen molar-refractivity contribution in [2.75, 3.05) is 49.1 Å². The molecule has 0 aliphatic carbocycles. The molecular formula is C22H26N4O3. The summed E-state index contributed by atoms with van der Waals surface area (Å²) in [7, 11) is 0. The first kappa shape index (κ1) is 18.1. The molecule has 3 heterocycles. The van der Waals surface area contributed by atoms with Crippen LogP contribution in [0.4, 0.5) is 11.4 Å². The fourth-order valence-corrected chi connectivity index (χ4v) is 4.25. The summed E-state index contributed by atoms with van der Waals surface area (Å²) >= 11 is 0. The zero-order chi connectivity index (χ0) is 19.6. The molecule has 29 heavy (non-hydrogen) atoms. The molecule has 0 bridgehead atoms. The standard InChI is InChI=1S/C22H26N4O3/c27-22-24-19-2-1-3-20(21(19)29-22)26-14-12-25(13-15-26)16-4-6-17(7-5-16)28-18-8-10-23-11-9-18/h1-7,18,23H,8-15H2,(H,24,27). The van der Waals surface area contributed by atoms with Crippen LogP contribution >= 0.6 is 0 Å². The topological polar surface area (TPSA) is 73.7 Å². The number of nitrogens with one attached hydrogen (secondary N) is 2. The summed E-state index contributed by atoms with van der Waals surface area (Å²) in [6, 6.07) is 14.3. The Bertz CT molecular complexity index is 1010. The summed E-state index contributed by atoms with van der Waals surface area (Å²) in [5.41, 5.74) is 3.59. The second-order valence-corrected chi connectivity index (χ2v) is 7.70. The Hall–Kier alpha value is -2.93. The van der Waals surface area contributed by atoms with Crippen molar-refractivity contribution in [3.8, 4) is 5.75 Å². The fraction of sp³-hybridized carbons (Fsp3) is 0.409. The molecule has 3 aromatic rings. The summed E-state index contributed by atoms with van der Waals surface area (Å²) in [4.78, 5) is 19.0. The maximum absolute atomic E-state index is 11.6. The van der Waals surface area contributed by atoms with Gasteiger partial charge in [-0.15, -0.1) is 0 Å². The number of benzene rings is 2. The number of aromatic amines is 1. The number of piperidine rings is 1. The van der Waals surface area contributed by atoms with Crippen molar-refractivity contribution < 1.29 is 9.15 Å². The molecule has 0 radical (unpaired) electrons. The molecule has 2 aliphatic rings. The Balaban J connectivity index is 1.22. The van der Waals surface area contributed by atoms with Gasteiger partial charge in [0.05, 0.1) is 11.2 Å². The van der Waals surface area contributed by atoms with Crippen molar-refractivity contribution in [1.29, 1.82) is 0 Å². The molecule has 0 amide bonds. The first-order chi connectivity index (χ1) is 14.3. The monoisotopic (exact) mass is 394 g/mol. The zero-order valence-electron chi connectivity index (χ0n) is 16.4. The van der Waals surface area contributed by atoms with Crippen LogP contribution in [-0.4, -0.2) is 50.4 Å². The van der Waals surface area contributed by atoms with Crippen LogP contribution in [0.3, 0.4) is 0 Å². The van der Waals surface area contributed by atoms with Gasteiger partial charge in [0.15, 0.2) is 5.58 Å². The molecule has 2 aliphatic heterocycles. The van der Waals surface area contributed by atoms with Gasteiger partial charge in [-0.2, -0.15) is 0 Å². The fourth-order valence-electron chi connectivity index (χ4n) is 4.25. The van der Waals surface area contributed by atoms with Crippen molar-refractivity contribution in [2.24, 2.45) is 0 Å². The van der Waals surface area contributed by atoms with Gasteiger partial charge in [0.2, 0.25) is 0 Å². The summed E-state index contributed by atoms with van der Waals surface area (Å²) in [6.45, 7) is 5.65. The number of hydrogen-bond acceptors (Lipinski definition) is 6. The zero-order valence-corrected chi connectivity index (χ0v) is 16.4. The predicted molar refractivity (Wildman–Crippen MR) is 114 cm³/mol. The average molecular weight is 394 g/mol. The van der Waals surface area contributed by atoms with Crippen molar-refractivity contribution >= 4 is 22.5 Å². The number of hydrogen-bond donors (Lipinski definition) is 2. The van der Waals surface area contributed by atoms with Crippen LogP contribution < -0.4 is 25.6 Å². The van der Waals surface area contributed by atoms with E-state index in [0.717, 1.165) is 69.1 Å². The van der Waals surface area contributed by atoms with E-state index in [4.69, 9.17) is 9.15 Å². The molecule has 2 N–H and O–H groups in total. The van der Waals surface area contributed by atoms with E-state index in [9.17, 15) is 4.79 Å². The van der Waals surface area contributed by atoms with E-state index in [1.54, 1.807) is 0 Å². The molecule has 0 unspecified atom stereocenters. The Morgan fingerprint density at radius 1 is 0.931 bits per heavy atom. The minimum atomic E-state index is -0.405. The summed E-state index contributed by atoms with van der Waals surface area (Å²) < 4.78 is 11.5. The molecule has 7 heteroatoms. The number of anilines is 2. The van der Waals surface area contributed by atoms with Crippen LogP contribution in [0.1, 0.15) is 12.8 Å². The quantitative estimate of drug-likeness (QED) is 0.709. The Morgan fingerprint density at radius 3 is 2.41 bits per heavy atom. The van der Waals surface area contributed by atoms with E-state index >= 15 is 0 Å². The largest absolute Gasteiger partial charge is 0.490 e. The minimum Gasteiger partial charge on any atom is -0.490 e. The van der Waals surface area contributed by atoms with Crippen LogP contribution in [0.25, 0.3) is 11.1 Å². The van der Waals surface area contributed by atoms with E-state index in [1.165, 1.54) is 5.69 Å². The van der Waals surface area contributed by atoms with Gasteiger partial charge in [-0.1, -0.05) is 6.07 Å². The third-order valence-electron chi connectivity index (χ3n) is 5.84. The first-order valence-corrected chi connectivity index (χ1v) is 10.4. The lowest BCUT2D eigenvalue weighted by Gasteiger charge is -2.37. The molecule has 0 spiro atoms. The second-order valence-electron chi connectivity index (χ2n) is 7.70. The molecule has 0 saturated carbocycles. The highest BCUT2D eigenvalue weighted by atomic mass is 16.5. The maximum atomic E-state index is 11.6. The van der Waals surface area contributed by atoms with E-state index in [-0.39, 0.29) is 0 Å². The van der Waals surface area contributed by atoms with Gasteiger partial charge in [0.1, 0.15) is 11.9 Å². The number of rotatable bonds is 4. The summed E-state index contributed by atoms with van der Waals surface area (Å²) in [5, 5.41) is 3.37. The maximum Gasteiger partial charge on any atom is 0.417 e. The van der Waals surface area contributed by atoms with Gasteiger partial charge in [-0.3, -0.25) is 4.98 Å². The van der Waals surface area contributed by atoms with Crippen molar-refractivity contribution in [2.45, 2.75) is 18.9 Å². The van der Waals surface area contributed by atoms with Gasteiger partial charge in [-0.25, -0.2) is 4.79 Å². The Labute approximate surface area is 169 Å². The van der Waals surface area contributed by atoms with E-state index in [2.05, 4.69) is 44.4 Å². The highest BCUT2D eigenvalue weighted by molar-refractivity contribution is 5.86. The molecule has 0 atom stereocenters. The van der Waals surface area contributed by atoms with Gasteiger partial charge < -0.3 is 24.3 Å². The molecule has 2 aromatic carbocycles. The van der Waals surface area contributed by atoms with Gasteiger partial charge in [0, 0.05) is 31.9 Å². The average Bonchev–Trinajstić information content (AvgIpc) is 3.15. The number of fused-ring (bicyclic) bond motifs is 1. The second kappa shape index (κ2) is 7.83. The number of para-hydroxylation sites is 1. The third kappa shape index (κ3) is 3.82. The van der Waals surface area contributed by atoms with Crippen LogP contribution in [0.15, 0.2) is 51.7 Å². The van der Waals surface area contributed by atoms with Crippen LogP contribution in [-0.2, 0) is 0 Å². The van der Waals surface area contributed by atoms with Crippen LogP contribution in [0.5, 0.6) is 5.75 Å². The molecule has 1 aromatic heterocycles. The Morgan fingerprint density at radius 2 is 1.66 bits per heavy atom. The number of nitrogens with zero attached hydrogens (tertiary/aromatic N) is 2. The van der Waals surface area contributed by atoms with E-state index in [1.807, 2.05) is 18.2 Å². The normalized spacial score (nSPS) is 18.3. The SMILES string of the molecule is O=c1[nH]c2cccc(N3CCN(c4ccc(OC5CCNCC5)cc4)CC3)c2o1. The van der Waals surface area contributed by atoms with Gasteiger partial charge >= 0.3 is 5.76 Å². The molecule has 5 rings (SSSR count). The predicted octanol–water partition coefficient (Wildman–Crippen LogP) is 2.58. The number of aromatic nitrogens is 1. The third-order valence-corrected chi connectivity index (χ3v) is 5.84. The summed E-state index contributed by atoms with van der Waals surface area (Å²) in [5.74, 6) is 0.548. The Kier molecular flexibility index (Phi) is 4.89. The number of oxazole rings is 1. The number of piperazine rings is 1. The smallest absolute Gasteiger partial charge is 0.417 e. The lowest BCUT2D eigenvalue weighted by molar-refractivity contribution is 0.162. The first-order valence-electron chi connectivity index (χ1n) is 10.4. The molecule has 2 fully saturated rings. The van der Waals surface area contributed by atoms with Crippen molar-refractivity contribution in [1.82, 2.24) is 10.3 Å². The molecule has 2 saturated heterocycles. The highest BCUT2D eigenvalue weighted by Crippen LogP contribution is 2.28. The van der Waals surface area contributed by atoms with Crippen molar-refractivity contribution in [3.63, 3.8) is 0 Å². The highest BCUT2D eigenvalue weighted by Gasteiger charge is 2.21. The van der Waals surface area contributed by atoms with Crippen LogP contribution in [0.2, 0.25) is 0 Å². The van der Waals surface area contributed by atoms with Crippen LogP contribution in [0, 0.1) is 0 Å². The molecule has 152 valence electrons. The molecular weight excluding hydrogens is 368 g/mol. The van der Waals surface area contributed by atoms with E-state index in [0.29, 0.717) is 11.7 Å². The van der Waals surface area contributed by atoms with Gasteiger partial charge in [0.25, 0.3) is 0 Å². The number of H-pyrrole nitrogens is 1. The molecule has 7 nitrogen and oxygen atoms in total. The summed E-state index contributed by atoms with van der Waals surface area (Å²) in [6.07, 6.45) is 2.46. The van der Waals surface area contributed by atoms with Gasteiger partial charge in [-0.05, 0) is 62.3 Å². The lowest BCUT2D eigenvalue weighted by Crippen LogP contribution is -2.46. The number of ether oxygens (including phenoxy) is 1.